The van der Waals surface area contributed by atoms with Gasteiger partial charge in [0.05, 0.1) is 11.0 Å². The van der Waals surface area contributed by atoms with Gasteiger partial charge in [0.1, 0.15) is 0 Å². The van der Waals surface area contributed by atoms with Crippen molar-refractivity contribution >= 4 is 11.0 Å². The highest BCUT2D eigenvalue weighted by molar-refractivity contribution is 7.81. The van der Waals surface area contributed by atoms with Gasteiger partial charge in [0.25, 0.3) is 0 Å². The van der Waals surface area contributed by atoms with Gasteiger partial charge >= 0.3 is 0 Å². The topological polar surface area (TPSA) is 20.3 Å². The fourth-order valence-corrected chi connectivity index (χ4v) is 1.78. The van der Waals surface area contributed by atoms with E-state index in [2.05, 4.69) is 6.92 Å². The lowest BCUT2D eigenvalue weighted by Crippen LogP contribution is -2.45. The van der Waals surface area contributed by atoms with Crippen molar-refractivity contribution in [3.8, 4) is 0 Å². The van der Waals surface area contributed by atoms with Gasteiger partial charge in [-0.3, -0.25) is 0 Å². The Kier molecular flexibility index (Phi) is 1.68. The number of hydrogen-bond donors (Lipinski definition) is 0. The van der Waals surface area contributed by atoms with E-state index in [0.29, 0.717) is 0 Å². The molecule has 0 spiro atoms. The van der Waals surface area contributed by atoms with Crippen LogP contribution >= 0.6 is 0 Å². The predicted molar refractivity (Wildman–Crippen MR) is 34.8 cm³/mol. The Morgan fingerprint density at radius 1 is 1.62 bits per heavy atom. The molecule has 0 amide bonds. The zero-order chi connectivity index (χ0) is 6.15. The lowest BCUT2D eigenvalue weighted by molar-refractivity contribution is 0.230. The average Bonchev–Trinajstić information content (AvgIpc) is 1.57. The molecule has 1 rings (SSSR count). The van der Waals surface area contributed by atoms with Crippen LogP contribution in [0.1, 0.15) is 6.92 Å². The van der Waals surface area contributed by atoms with E-state index >= 15 is 0 Å². The van der Waals surface area contributed by atoms with Gasteiger partial charge in [-0.05, 0) is 5.92 Å². The van der Waals surface area contributed by atoms with Crippen LogP contribution in [-0.4, -0.2) is 27.9 Å². The highest BCUT2D eigenvalue weighted by atomic mass is 32.2. The van der Waals surface area contributed by atoms with Crippen LogP contribution in [0.4, 0.5) is 0 Å². The molecule has 1 aliphatic heterocycles. The van der Waals surface area contributed by atoms with Crippen LogP contribution < -0.4 is 0 Å². The van der Waals surface area contributed by atoms with E-state index in [-0.39, 0.29) is 0 Å². The molecule has 0 aliphatic carbocycles. The van der Waals surface area contributed by atoms with E-state index in [1.54, 1.807) is 6.26 Å². The SMILES string of the molecule is CC1CN(S(C)=O)C1. The summed E-state index contributed by atoms with van der Waals surface area (Å²) in [6.07, 6.45) is 1.73. The Balaban J connectivity index is 2.25. The van der Waals surface area contributed by atoms with Crippen LogP contribution in [0.5, 0.6) is 0 Å². The molecule has 1 heterocycles. The van der Waals surface area contributed by atoms with Crippen LogP contribution in [0.25, 0.3) is 0 Å². The van der Waals surface area contributed by atoms with E-state index in [9.17, 15) is 4.21 Å². The van der Waals surface area contributed by atoms with E-state index < -0.39 is 11.0 Å². The van der Waals surface area contributed by atoms with Crippen molar-refractivity contribution in [3.63, 3.8) is 0 Å². The average molecular weight is 133 g/mol. The number of rotatable bonds is 1. The Morgan fingerprint density at radius 3 is 2.25 bits per heavy atom. The van der Waals surface area contributed by atoms with Crippen LogP contribution in [0.3, 0.4) is 0 Å². The van der Waals surface area contributed by atoms with Gasteiger partial charge in [-0.15, -0.1) is 0 Å². The van der Waals surface area contributed by atoms with Crippen LogP contribution in [0.2, 0.25) is 0 Å². The van der Waals surface area contributed by atoms with Crippen molar-refractivity contribution in [2.45, 2.75) is 6.92 Å². The first kappa shape index (κ1) is 6.23. The Hall–Kier alpha value is 0.110. The summed E-state index contributed by atoms with van der Waals surface area (Å²) in [6.45, 7) is 4.20. The van der Waals surface area contributed by atoms with Gasteiger partial charge in [-0.25, -0.2) is 8.51 Å². The summed E-state index contributed by atoms with van der Waals surface area (Å²) in [4.78, 5) is 0. The normalized spacial score (nSPS) is 27.2. The predicted octanol–water partition coefficient (Wildman–Crippen LogP) is 0.232. The van der Waals surface area contributed by atoms with Gasteiger partial charge in [-0.1, -0.05) is 6.92 Å². The van der Waals surface area contributed by atoms with Gasteiger partial charge in [-0.2, -0.15) is 0 Å². The third-order valence-electron chi connectivity index (χ3n) is 1.39. The third kappa shape index (κ3) is 1.09. The van der Waals surface area contributed by atoms with E-state index in [4.69, 9.17) is 0 Å². The molecule has 8 heavy (non-hydrogen) atoms. The fraction of sp³-hybridized carbons (Fsp3) is 1.00. The smallest absolute Gasteiger partial charge is 0.0910 e. The first-order valence-corrected chi connectivity index (χ1v) is 4.30. The second-order valence-electron chi connectivity index (χ2n) is 2.38. The van der Waals surface area contributed by atoms with Crippen molar-refractivity contribution < 1.29 is 4.21 Å². The van der Waals surface area contributed by atoms with E-state index in [0.717, 1.165) is 19.0 Å². The van der Waals surface area contributed by atoms with Gasteiger partial charge in [0.2, 0.25) is 0 Å². The summed E-state index contributed by atoms with van der Waals surface area (Å²) in [5.74, 6) is 0.763. The molecule has 2 nitrogen and oxygen atoms in total. The molecule has 1 aliphatic rings. The summed E-state index contributed by atoms with van der Waals surface area (Å²) < 4.78 is 12.6. The second-order valence-corrected chi connectivity index (χ2v) is 3.74. The molecule has 0 radical (unpaired) electrons. The quantitative estimate of drug-likeness (QED) is 0.501. The molecule has 0 aromatic carbocycles. The van der Waals surface area contributed by atoms with Crippen molar-refractivity contribution in [3.05, 3.63) is 0 Å². The van der Waals surface area contributed by atoms with Crippen LogP contribution in [0.15, 0.2) is 0 Å². The monoisotopic (exact) mass is 133 g/mol. The van der Waals surface area contributed by atoms with Gasteiger partial charge < -0.3 is 0 Å². The lowest BCUT2D eigenvalue weighted by Gasteiger charge is -2.34. The maximum atomic E-state index is 10.6. The van der Waals surface area contributed by atoms with Gasteiger partial charge in [0, 0.05) is 19.3 Å². The number of nitrogens with zero attached hydrogens (tertiary/aromatic N) is 1. The maximum Gasteiger partial charge on any atom is 0.0910 e. The highest BCUT2D eigenvalue weighted by Crippen LogP contribution is 2.14. The van der Waals surface area contributed by atoms with E-state index in [1.165, 1.54) is 0 Å². The van der Waals surface area contributed by atoms with Crippen LogP contribution in [-0.2, 0) is 11.0 Å². The van der Waals surface area contributed by atoms with Crippen molar-refractivity contribution in [2.24, 2.45) is 5.92 Å². The molecule has 0 saturated carbocycles. The summed E-state index contributed by atoms with van der Waals surface area (Å²) in [5.41, 5.74) is 0. The minimum atomic E-state index is -0.711. The second kappa shape index (κ2) is 2.15. The molecule has 1 saturated heterocycles. The molecular formula is C5H11NOS. The zero-order valence-electron chi connectivity index (χ0n) is 5.26. The maximum absolute atomic E-state index is 10.6. The number of hydrogen-bond acceptors (Lipinski definition) is 1. The molecule has 0 aromatic heterocycles. The zero-order valence-corrected chi connectivity index (χ0v) is 6.07. The standard InChI is InChI=1S/C5H11NOS/c1-5-3-6(4-5)8(2)7/h5H,3-4H2,1-2H3. The first-order valence-electron chi connectivity index (χ1n) is 2.78. The Morgan fingerprint density at radius 2 is 2.12 bits per heavy atom. The molecule has 0 N–H and O–H groups in total. The fourth-order valence-electron chi connectivity index (χ4n) is 0.852. The van der Waals surface area contributed by atoms with E-state index in [1.807, 2.05) is 4.31 Å². The molecule has 3 heteroatoms. The van der Waals surface area contributed by atoms with Crippen LogP contribution in [0, 0.1) is 5.92 Å². The van der Waals surface area contributed by atoms with Gasteiger partial charge in [0.15, 0.2) is 0 Å². The molecule has 48 valence electrons. The first-order chi connectivity index (χ1) is 3.70. The van der Waals surface area contributed by atoms with Crippen molar-refractivity contribution in [1.29, 1.82) is 0 Å². The third-order valence-corrected chi connectivity index (χ3v) is 2.42. The molecule has 1 atom stereocenters. The molecule has 1 fully saturated rings. The van der Waals surface area contributed by atoms with Crippen molar-refractivity contribution in [2.75, 3.05) is 19.3 Å². The summed E-state index contributed by atoms with van der Waals surface area (Å²) in [6, 6.07) is 0. The minimum absolute atomic E-state index is 0.711. The Labute approximate surface area is 52.5 Å². The molecule has 1 unspecified atom stereocenters. The summed E-state index contributed by atoms with van der Waals surface area (Å²) in [5, 5.41) is 0. The largest absolute Gasteiger partial charge is 0.243 e. The minimum Gasteiger partial charge on any atom is -0.243 e. The molecule has 0 aromatic rings. The molecule has 0 bridgehead atoms. The lowest BCUT2D eigenvalue weighted by atomic mass is 10.1. The molecular weight excluding hydrogens is 122 g/mol. The van der Waals surface area contributed by atoms with Crippen molar-refractivity contribution in [1.82, 2.24) is 4.31 Å². The summed E-state index contributed by atoms with van der Waals surface area (Å²) >= 11 is 0. The highest BCUT2D eigenvalue weighted by Gasteiger charge is 2.24. The summed E-state index contributed by atoms with van der Waals surface area (Å²) in [7, 11) is -0.711. The Bertz CT molecular complexity index is 109.